The summed E-state index contributed by atoms with van der Waals surface area (Å²) in [6, 6.07) is 7.72. The number of hydrogen-bond donors (Lipinski definition) is 1. The molecule has 10 heteroatoms. The lowest BCUT2D eigenvalue weighted by Gasteiger charge is -2.28. The second-order valence-corrected chi connectivity index (χ2v) is 7.99. The molecule has 0 aliphatic rings. The van der Waals surface area contributed by atoms with Crippen LogP contribution in [0.25, 0.3) is 0 Å². The maximum absolute atomic E-state index is 13.0. The molecule has 28 heavy (non-hydrogen) atoms. The third-order valence-electron chi connectivity index (χ3n) is 3.90. The second kappa shape index (κ2) is 8.17. The average Bonchev–Trinajstić information content (AvgIpc) is 2.59. The van der Waals surface area contributed by atoms with Crippen LogP contribution in [0.1, 0.15) is 18.1 Å². The first kappa shape index (κ1) is 21.7. The Hall–Kier alpha value is -2.62. The monoisotopic (exact) mass is 418 g/mol. The summed E-state index contributed by atoms with van der Waals surface area (Å²) in [6.45, 7) is 1.27. The third-order valence-corrected chi connectivity index (χ3v) is 5.14. The van der Waals surface area contributed by atoms with Gasteiger partial charge in [-0.05, 0) is 42.8 Å². The molecule has 0 bridgehead atoms. The SMILES string of the molecule is C[C@@H](C(=O)NCc1ccc(F)cc1)N(c1cccc(C(F)(F)F)c1)S(C)(=O)=O. The Bertz CT molecular complexity index is 944. The number of carbonyl (C=O) groups is 1. The van der Waals surface area contributed by atoms with Gasteiger partial charge in [0, 0.05) is 6.54 Å². The molecule has 0 aliphatic carbocycles. The molecule has 0 radical (unpaired) electrons. The van der Waals surface area contributed by atoms with E-state index in [0.29, 0.717) is 15.9 Å². The summed E-state index contributed by atoms with van der Waals surface area (Å²) < 4.78 is 76.7. The number of nitrogens with zero attached hydrogens (tertiary/aromatic N) is 1. The number of carbonyl (C=O) groups excluding carboxylic acids is 1. The zero-order valence-electron chi connectivity index (χ0n) is 15.0. The molecule has 2 aromatic carbocycles. The Morgan fingerprint density at radius 1 is 1.14 bits per heavy atom. The molecular formula is C18H18F4N2O3S. The number of hydrogen-bond acceptors (Lipinski definition) is 3. The lowest BCUT2D eigenvalue weighted by atomic mass is 10.1. The maximum Gasteiger partial charge on any atom is 0.416 e. The number of sulfonamides is 1. The number of anilines is 1. The number of rotatable bonds is 6. The molecule has 0 unspecified atom stereocenters. The van der Waals surface area contributed by atoms with Crippen molar-refractivity contribution in [2.75, 3.05) is 10.6 Å². The van der Waals surface area contributed by atoms with Crippen molar-refractivity contribution in [1.82, 2.24) is 5.32 Å². The summed E-state index contributed by atoms with van der Waals surface area (Å²) >= 11 is 0. The fraction of sp³-hybridized carbons (Fsp3) is 0.278. The largest absolute Gasteiger partial charge is 0.416 e. The van der Waals surface area contributed by atoms with Crippen molar-refractivity contribution in [1.29, 1.82) is 0 Å². The third kappa shape index (κ3) is 5.44. The molecule has 2 rings (SSSR count). The molecule has 5 nitrogen and oxygen atoms in total. The number of amides is 1. The zero-order chi connectivity index (χ0) is 21.1. The molecule has 0 saturated heterocycles. The normalized spacial score (nSPS) is 13.1. The minimum absolute atomic E-state index is 0.00362. The fourth-order valence-corrected chi connectivity index (χ4v) is 3.73. The van der Waals surface area contributed by atoms with E-state index in [1.54, 1.807) is 0 Å². The molecule has 0 spiro atoms. The van der Waals surface area contributed by atoms with Crippen molar-refractivity contribution in [3.8, 4) is 0 Å². The quantitative estimate of drug-likeness (QED) is 0.732. The van der Waals surface area contributed by atoms with Gasteiger partial charge in [-0.3, -0.25) is 9.10 Å². The van der Waals surface area contributed by atoms with Crippen LogP contribution >= 0.6 is 0 Å². The van der Waals surface area contributed by atoms with Gasteiger partial charge in [-0.2, -0.15) is 13.2 Å². The average molecular weight is 418 g/mol. The van der Waals surface area contributed by atoms with Crippen LogP contribution in [0.15, 0.2) is 48.5 Å². The van der Waals surface area contributed by atoms with Crippen molar-refractivity contribution < 1.29 is 30.8 Å². The Balaban J connectivity index is 2.25. The van der Waals surface area contributed by atoms with E-state index in [-0.39, 0.29) is 12.2 Å². The molecule has 1 atom stereocenters. The van der Waals surface area contributed by atoms with E-state index in [4.69, 9.17) is 0 Å². The molecule has 0 fully saturated rings. The first-order valence-corrected chi connectivity index (χ1v) is 9.93. The summed E-state index contributed by atoms with van der Waals surface area (Å²) in [5.41, 5.74) is -0.730. The summed E-state index contributed by atoms with van der Waals surface area (Å²) in [5.74, 6) is -1.16. The van der Waals surface area contributed by atoms with Gasteiger partial charge >= 0.3 is 6.18 Å². The first-order valence-electron chi connectivity index (χ1n) is 8.08. The minimum atomic E-state index is -4.66. The van der Waals surface area contributed by atoms with Gasteiger partial charge in [0.05, 0.1) is 17.5 Å². The highest BCUT2D eigenvalue weighted by Gasteiger charge is 2.34. The Kier molecular flexibility index (Phi) is 6.33. The van der Waals surface area contributed by atoms with Gasteiger partial charge in [-0.15, -0.1) is 0 Å². The smallest absolute Gasteiger partial charge is 0.350 e. The van der Waals surface area contributed by atoms with Crippen molar-refractivity contribution in [2.45, 2.75) is 25.7 Å². The molecule has 1 amide bonds. The molecule has 2 aromatic rings. The highest BCUT2D eigenvalue weighted by Crippen LogP contribution is 2.32. The topological polar surface area (TPSA) is 66.5 Å². The standard InChI is InChI=1S/C18H18F4N2O3S/c1-12(17(25)23-11-13-6-8-15(19)9-7-13)24(28(2,26)27)16-5-3-4-14(10-16)18(20,21)22/h3-10,12H,11H2,1-2H3,(H,23,25)/t12-/m0/s1. The van der Waals surface area contributed by atoms with Crippen LogP contribution in [-0.2, 0) is 27.5 Å². The van der Waals surface area contributed by atoms with Crippen LogP contribution in [0.4, 0.5) is 23.2 Å². The van der Waals surface area contributed by atoms with E-state index in [9.17, 15) is 30.8 Å². The van der Waals surface area contributed by atoms with Crippen molar-refractivity contribution in [2.24, 2.45) is 0 Å². The lowest BCUT2D eigenvalue weighted by Crippen LogP contribution is -2.47. The molecular weight excluding hydrogens is 400 g/mol. The molecule has 0 aliphatic heterocycles. The van der Waals surface area contributed by atoms with Crippen LogP contribution in [-0.4, -0.2) is 26.6 Å². The first-order chi connectivity index (χ1) is 12.9. The zero-order valence-corrected chi connectivity index (χ0v) is 15.8. The second-order valence-electron chi connectivity index (χ2n) is 6.13. The molecule has 1 N–H and O–H groups in total. The van der Waals surface area contributed by atoms with Gasteiger partial charge in [-0.1, -0.05) is 18.2 Å². The number of alkyl halides is 3. The van der Waals surface area contributed by atoms with Gasteiger partial charge in [0.25, 0.3) is 0 Å². The van der Waals surface area contributed by atoms with Gasteiger partial charge in [0.1, 0.15) is 11.9 Å². The van der Waals surface area contributed by atoms with Crippen LogP contribution in [0.5, 0.6) is 0 Å². The van der Waals surface area contributed by atoms with Crippen LogP contribution < -0.4 is 9.62 Å². The van der Waals surface area contributed by atoms with E-state index >= 15 is 0 Å². The van der Waals surface area contributed by atoms with Gasteiger partial charge in [-0.25, -0.2) is 12.8 Å². The van der Waals surface area contributed by atoms with E-state index in [2.05, 4.69) is 5.32 Å². The van der Waals surface area contributed by atoms with Crippen molar-refractivity contribution in [3.63, 3.8) is 0 Å². The van der Waals surface area contributed by atoms with Crippen molar-refractivity contribution in [3.05, 3.63) is 65.5 Å². The molecule has 0 saturated carbocycles. The predicted molar refractivity (Wildman–Crippen MR) is 96.5 cm³/mol. The minimum Gasteiger partial charge on any atom is -0.350 e. The molecule has 152 valence electrons. The van der Waals surface area contributed by atoms with Gasteiger partial charge < -0.3 is 5.32 Å². The Morgan fingerprint density at radius 2 is 1.75 bits per heavy atom. The maximum atomic E-state index is 13.0. The highest BCUT2D eigenvalue weighted by molar-refractivity contribution is 7.92. The molecule has 0 aromatic heterocycles. The van der Waals surface area contributed by atoms with E-state index in [1.165, 1.54) is 37.3 Å². The number of benzene rings is 2. The summed E-state index contributed by atoms with van der Waals surface area (Å²) in [7, 11) is -4.06. The summed E-state index contributed by atoms with van der Waals surface area (Å²) in [6.07, 6.45) is -3.86. The van der Waals surface area contributed by atoms with Gasteiger partial charge in [0.15, 0.2) is 0 Å². The Labute approximate surface area is 160 Å². The van der Waals surface area contributed by atoms with Crippen LogP contribution in [0, 0.1) is 5.82 Å². The van der Waals surface area contributed by atoms with Crippen LogP contribution in [0.3, 0.4) is 0 Å². The van der Waals surface area contributed by atoms with Gasteiger partial charge in [0.2, 0.25) is 15.9 Å². The number of nitrogens with one attached hydrogen (secondary N) is 1. The highest BCUT2D eigenvalue weighted by atomic mass is 32.2. The lowest BCUT2D eigenvalue weighted by molar-refractivity contribution is -0.137. The predicted octanol–water partition coefficient (Wildman–Crippen LogP) is 3.32. The van der Waals surface area contributed by atoms with Crippen molar-refractivity contribution >= 4 is 21.6 Å². The van der Waals surface area contributed by atoms with E-state index in [1.807, 2.05) is 0 Å². The van der Waals surface area contributed by atoms with Crippen LogP contribution in [0.2, 0.25) is 0 Å². The summed E-state index contributed by atoms with van der Waals surface area (Å²) in [5, 5.41) is 2.50. The number of halogens is 4. The Morgan fingerprint density at radius 3 is 2.29 bits per heavy atom. The molecule has 0 heterocycles. The van der Waals surface area contributed by atoms with E-state index in [0.717, 1.165) is 18.4 Å². The summed E-state index contributed by atoms with van der Waals surface area (Å²) in [4.78, 5) is 12.4. The fourth-order valence-electron chi connectivity index (χ4n) is 2.57. The van der Waals surface area contributed by atoms with E-state index < -0.39 is 39.5 Å².